The van der Waals surface area contributed by atoms with Crippen molar-refractivity contribution in [2.24, 2.45) is 5.10 Å². The van der Waals surface area contributed by atoms with Crippen LogP contribution in [-0.2, 0) is 10.0 Å². The van der Waals surface area contributed by atoms with E-state index in [1.807, 2.05) is 44.4 Å². The average molecular weight is 402 g/mol. The van der Waals surface area contributed by atoms with Crippen LogP contribution in [0.3, 0.4) is 0 Å². The lowest BCUT2D eigenvalue weighted by Crippen LogP contribution is -2.18. The SMILES string of the molecule is CCOc1ccc(S(=O)(=O)N/N=C\c2cc(C)n(-c3cc(C)on3)c2C)cc1. The van der Waals surface area contributed by atoms with Crippen molar-refractivity contribution in [2.75, 3.05) is 6.61 Å². The van der Waals surface area contributed by atoms with Crippen LogP contribution in [0.4, 0.5) is 0 Å². The molecule has 0 aliphatic heterocycles. The normalized spacial score (nSPS) is 11.9. The zero-order valence-corrected chi connectivity index (χ0v) is 16.9. The minimum Gasteiger partial charge on any atom is -0.494 e. The number of ether oxygens (including phenoxy) is 1. The maximum Gasteiger partial charge on any atom is 0.276 e. The van der Waals surface area contributed by atoms with Gasteiger partial charge in [0.2, 0.25) is 0 Å². The molecule has 0 saturated heterocycles. The van der Waals surface area contributed by atoms with E-state index < -0.39 is 10.0 Å². The lowest BCUT2D eigenvalue weighted by Gasteiger charge is -2.06. The number of nitrogens with one attached hydrogen (secondary N) is 1. The first-order valence-corrected chi connectivity index (χ1v) is 10.2. The van der Waals surface area contributed by atoms with Crippen LogP contribution in [0.1, 0.15) is 29.6 Å². The van der Waals surface area contributed by atoms with E-state index in [0.29, 0.717) is 23.9 Å². The van der Waals surface area contributed by atoms with Crippen LogP contribution < -0.4 is 9.57 Å². The molecule has 0 spiro atoms. The summed E-state index contributed by atoms with van der Waals surface area (Å²) < 4.78 is 37.1. The fraction of sp³-hybridized carbons (Fsp3) is 0.263. The molecule has 0 amide bonds. The quantitative estimate of drug-likeness (QED) is 0.484. The highest BCUT2D eigenvalue weighted by Crippen LogP contribution is 2.20. The number of hydrogen-bond donors (Lipinski definition) is 1. The Morgan fingerprint density at radius 1 is 1.21 bits per heavy atom. The largest absolute Gasteiger partial charge is 0.494 e. The smallest absolute Gasteiger partial charge is 0.276 e. The molecule has 1 aromatic carbocycles. The third kappa shape index (κ3) is 4.09. The molecule has 8 nitrogen and oxygen atoms in total. The second kappa shape index (κ2) is 7.89. The van der Waals surface area contributed by atoms with Crippen molar-refractivity contribution in [3.05, 3.63) is 59.1 Å². The summed E-state index contributed by atoms with van der Waals surface area (Å²) >= 11 is 0. The Labute approximate surface area is 163 Å². The van der Waals surface area contributed by atoms with Crippen LogP contribution >= 0.6 is 0 Å². The maximum absolute atomic E-state index is 12.4. The Hall–Kier alpha value is -3.07. The van der Waals surface area contributed by atoms with Gasteiger partial charge in [-0.3, -0.25) is 4.57 Å². The summed E-state index contributed by atoms with van der Waals surface area (Å²) in [6, 6.07) is 9.89. The van der Waals surface area contributed by atoms with Gasteiger partial charge in [-0.05, 0) is 58.0 Å². The van der Waals surface area contributed by atoms with Gasteiger partial charge in [-0.25, -0.2) is 4.83 Å². The molecule has 0 atom stereocenters. The molecule has 2 heterocycles. The van der Waals surface area contributed by atoms with Crippen LogP contribution in [0.2, 0.25) is 0 Å². The van der Waals surface area contributed by atoms with E-state index in [2.05, 4.69) is 15.1 Å². The number of rotatable bonds is 7. The predicted molar refractivity (Wildman–Crippen MR) is 106 cm³/mol. The van der Waals surface area contributed by atoms with Gasteiger partial charge in [0.25, 0.3) is 10.0 Å². The predicted octanol–water partition coefficient (Wildman–Crippen LogP) is 3.10. The van der Waals surface area contributed by atoms with E-state index in [0.717, 1.165) is 17.0 Å². The topological polar surface area (TPSA) is 98.7 Å². The zero-order valence-electron chi connectivity index (χ0n) is 16.1. The molecule has 28 heavy (non-hydrogen) atoms. The van der Waals surface area contributed by atoms with Crippen LogP contribution in [0.25, 0.3) is 5.82 Å². The lowest BCUT2D eigenvalue weighted by molar-refractivity contribution is 0.340. The van der Waals surface area contributed by atoms with Gasteiger partial charge in [-0.1, -0.05) is 5.16 Å². The first-order valence-electron chi connectivity index (χ1n) is 8.72. The molecule has 0 fully saturated rings. The van der Waals surface area contributed by atoms with Crippen LogP contribution in [0.5, 0.6) is 5.75 Å². The minimum atomic E-state index is -3.76. The van der Waals surface area contributed by atoms with Crippen LogP contribution in [-0.4, -0.2) is 31.0 Å². The lowest BCUT2D eigenvalue weighted by atomic mass is 10.3. The van der Waals surface area contributed by atoms with Crippen LogP contribution in [0, 0.1) is 20.8 Å². The Bertz CT molecular complexity index is 1100. The molecular formula is C19H22N4O4S. The molecule has 0 aliphatic carbocycles. The molecule has 9 heteroatoms. The van der Waals surface area contributed by atoms with Gasteiger partial charge in [0.15, 0.2) is 5.82 Å². The molecule has 3 rings (SSSR count). The second-order valence-electron chi connectivity index (χ2n) is 6.21. The molecule has 148 valence electrons. The molecule has 0 bridgehead atoms. The Morgan fingerprint density at radius 3 is 2.54 bits per heavy atom. The van der Waals surface area contributed by atoms with E-state index in [1.54, 1.807) is 12.1 Å². The number of hydrogen-bond acceptors (Lipinski definition) is 6. The third-order valence-corrected chi connectivity index (χ3v) is 5.37. The number of aryl methyl sites for hydroxylation is 2. The van der Waals surface area contributed by atoms with E-state index in [4.69, 9.17) is 9.26 Å². The number of hydrazone groups is 1. The van der Waals surface area contributed by atoms with Gasteiger partial charge in [-0.15, -0.1) is 0 Å². The van der Waals surface area contributed by atoms with Gasteiger partial charge in [0, 0.05) is 23.0 Å². The molecule has 3 aromatic rings. The summed E-state index contributed by atoms with van der Waals surface area (Å²) in [5.74, 6) is 1.99. The standard InChI is InChI=1S/C19H22N4O4S/c1-5-26-17-6-8-18(9-7-17)28(24,25)22-20-12-16-10-13(2)23(15(16)4)19-11-14(3)27-21-19/h6-12,22H,5H2,1-4H3/b20-12-. The number of nitrogens with zero attached hydrogens (tertiary/aromatic N) is 3. The van der Waals surface area contributed by atoms with Gasteiger partial charge in [0.1, 0.15) is 11.5 Å². The minimum absolute atomic E-state index is 0.108. The highest BCUT2D eigenvalue weighted by atomic mass is 32.2. The van der Waals surface area contributed by atoms with Crippen LogP contribution in [0.15, 0.2) is 50.9 Å². The summed E-state index contributed by atoms with van der Waals surface area (Å²) in [6.45, 7) is 8.03. The Balaban J connectivity index is 1.77. The molecule has 0 saturated carbocycles. The average Bonchev–Trinajstić information content (AvgIpc) is 3.18. The van der Waals surface area contributed by atoms with Crippen molar-refractivity contribution < 1.29 is 17.7 Å². The summed E-state index contributed by atoms with van der Waals surface area (Å²) in [4.78, 5) is 2.34. The van der Waals surface area contributed by atoms with Crippen molar-refractivity contribution in [2.45, 2.75) is 32.6 Å². The van der Waals surface area contributed by atoms with E-state index in [9.17, 15) is 8.42 Å². The highest BCUT2D eigenvalue weighted by Gasteiger charge is 2.14. The summed E-state index contributed by atoms with van der Waals surface area (Å²) in [6.07, 6.45) is 1.47. The van der Waals surface area contributed by atoms with E-state index in [-0.39, 0.29) is 4.90 Å². The third-order valence-electron chi connectivity index (χ3n) is 4.14. The van der Waals surface area contributed by atoms with Crippen molar-refractivity contribution >= 4 is 16.2 Å². The molecule has 0 aliphatic rings. The first-order chi connectivity index (χ1) is 13.3. The number of benzene rings is 1. The molecule has 0 unspecified atom stereocenters. The van der Waals surface area contributed by atoms with Gasteiger partial charge in [-0.2, -0.15) is 13.5 Å². The fourth-order valence-corrected chi connectivity index (χ4v) is 3.62. The second-order valence-corrected chi connectivity index (χ2v) is 7.88. The van der Waals surface area contributed by atoms with Crippen molar-refractivity contribution in [3.8, 4) is 11.6 Å². The zero-order chi connectivity index (χ0) is 20.3. The van der Waals surface area contributed by atoms with Crippen molar-refractivity contribution in [1.82, 2.24) is 14.6 Å². The Morgan fingerprint density at radius 2 is 1.93 bits per heavy atom. The monoisotopic (exact) mass is 402 g/mol. The molecule has 2 aromatic heterocycles. The fourth-order valence-electron chi connectivity index (χ4n) is 2.83. The summed E-state index contributed by atoms with van der Waals surface area (Å²) in [5, 5.41) is 7.93. The summed E-state index contributed by atoms with van der Waals surface area (Å²) in [5.41, 5.74) is 2.57. The maximum atomic E-state index is 12.4. The number of aromatic nitrogens is 2. The van der Waals surface area contributed by atoms with E-state index >= 15 is 0 Å². The van der Waals surface area contributed by atoms with Crippen molar-refractivity contribution in [1.29, 1.82) is 0 Å². The Kier molecular flexibility index (Phi) is 5.55. The molecule has 1 N–H and O–H groups in total. The highest BCUT2D eigenvalue weighted by molar-refractivity contribution is 7.89. The van der Waals surface area contributed by atoms with Gasteiger partial charge in [0.05, 0.1) is 17.7 Å². The molecule has 0 radical (unpaired) electrons. The first kappa shape index (κ1) is 19.7. The number of sulfonamides is 1. The van der Waals surface area contributed by atoms with Gasteiger partial charge >= 0.3 is 0 Å². The molecular weight excluding hydrogens is 380 g/mol. The van der Waals surface area contributed by atoms with E-state index in [1.165, 1.54) is 18.3 Å². The van der Waals surface area contributed by atoms with Gasteiger partial charge < -0.3 is 9.26 Å². The summed E-state index contributed by atoms with van der Waals surface area (Å²) in [7, 11) is -3.76. The van der Waals surface area contributed by atoms with Crippen molar-refractivity contribution in [3.63, 3.8) is 0 Å².